The average molecular weight is 415 g/mol. The number of para-hydroxylation sites is 2. The fourth-order valence-electron chi connectivity index (χ4n) is 3.32. The summed E-state index contributed by atoms with van der Waals surface area (Å²) in [5.74, 6) is 2.16. The molecule has 3 aromatic heterocycles. The molecule has 1 aliphatic carbocycles. The lowest BCUT2D eigenvalue weighted by atomic mass is 10.0. The van der Waals surface area contributed by atoms with Crippen LogP contribution in [-0.2, 0) is 0 Å². The number of nitrogens with one attached hydrogen (secondary N) is 2. The number of hydrogen-bond donors (Lipinski definition) is 3. The Bertz CT molecular complexity index is 1330. The van der Waals surface area contributed by atoms with Gasteiger partial charge in [-0.1, -0.05) is 42.6 Å². The predicted octanol–water partition coefficient (Wildman–Crippen LogP) is 3.28. The molecule has 0 saturated heterocycles. The first-order valence-corrected chi connectivity index (χ1v) is 9.68. The molecule has 1 aliphatic rings. The summed E-state index contributed by atoms with van der Waals surface area (Å²) in [5, 5.41) is 10.7. The third kappa shape index (κ3) is 3.22. The highest BCUT2D eigenvalue weighted by Gasteiger charge is 2.18. The van der Waals surface area contributed by atoms with E-state index in [1.165, 1.54) is 0 Å². The smallest absolute Gasteiger partial charge is 0.242 e. The van der Waals surface area contributed by atoms with E-state index < -0.39 is 0 Å². The van der Waals surface area contributed by atoms with Gasteiger partial charge in [0, 0.05) is 22.9 Å². The maximum atomic E-state index is 5.85. The van der Waals surface area contributed by atoms with Crippen molar-refractivity contribution in [3.05, 3.63) is 60.1 Å². The van der Waals surface area contributed by atoms with Crippen molar-refractivity contribution in [2.75, 3.05) is 11.1 Å². The molecule has 0 aliphatic heterocycles. The number of allylic oxidation sites excluding steroid dienone is 4. The van der Waals surface area contributed by atoms with Crippen molar-refractivity contribution in [2.45, 2.75) is 13.3 Å². The number of benzene rings is 1. The molecular weight excluding hydrogens is 398 g/mol. The number of aromatic amines is 1. The molecule has 9 nitrogen and oxygen atoms in total. The van der Waals surface area contributed by atoms with E-state index in [1.54, 1.807) is 11.5 Å². The lowest BCUT2D eigenvalue weighted by Gasteiger charge is -2.09. The molecular formula is C20H17N9S. The zero-order valence-electron chi connectivity index (χ0n) is 16.0. The minimum atomic E-state index is 0.147. The topological polar surface area (TPSA) is 123 Å². The SMILES string of the molecule is Cc1nc(N)nc(-n2c(Nc3cc(C4=CC=CCC4=S)[nH]n3)nc3ccccc32)n1. The van der Waals surface area contributed by atoms with Gasteiger partial charge < -0.3 is 11.1 Å². The Morgan fingerprint density at radius 2 is 2.03 bits per heavy atom. The van der Waals surface area contributed by atoms with Crippen molar-refractivity contribution in [3.63, 3.8) is 0 Å². The van der Waals surface area contributed by atoms with Crippen molar-refractivity contribution in [1.82, 2.24) is 34.7 Å². The molecule has 0 spiro atoms. The van der Waals surface area contributed by atoms with E-state index in [-0.39, 0.29) is 5.95 Å². The highest BCUT2D eigenvalue weighted by molar-refractivity contribution is 7.81. The Hall–Kier alpha value is -3.92. The first-order valence-electron chi connectivity index (χ1n) is 9.27. The third-order valence-electron chi connectivity index (χ3n) is 4.62. The van der Waals surface area contributed by atoms with E-state index in [9.17, 15) is 0 Å². The van der Waals surface area contributed by atoms with Gasteiger partial charge in [0.25, 0.3) is 0 Å². The van der Waals surface area contributed by atoms with E-state index in [4.69, 9.17) is 18.0 Å². The molecule has 0 amide bonds. The van der Waals surface area contributed by atoms with Crippen LogP contribution >= 0.6 is 12.2 Å². The molecule has 0 radical (unpaired) electrons. The number of nitrogens with zero attached hydrogens (tertiary/aromatic N) is 6. The Morgan fingerprint density at radius 1 is 1.17 bits per heavy atom. The molecule has 0 fully saturated rings. The minimum absolute atomic E-state index is 0.147. The number of rotatable bonds is 4. The fourth-order valence-corrected chi connectivity index (χ4v) is 3.59. The Labute approximate surface area is 176 Å². The molecule has 0 bridgehead atoms. The summed E-state index contributed by atoms with van der Waals surface area (Å²) in [4.78, 5) is 18.3. The Balaban J connectivity index is 1.58. The lowest BCUT2D eigenvalue weighted by Crippen LogP contribution is -2.10. The van der Waals surface area contributed by atoms with Gasteiger partial charge in [-0.05, 0) is 19.1 Å². The summed E-state index contributed by atoms with van der Waals surface area (Å²) in [7, 11) is 0. The van der Waals surface area contributed by atoms with Crippen molar-refractivity contribution < 1.29 is 0 Å². The second-order valence-electron chi connectivity index (χ2n) is 6.73. The van der Waals surface area contributed by atoms with Crippen LogP contribution in [0, 0.1) is 6.92 Å². The first kappa shape index (κ1) is 18.1. The molecule has 0 atom stereocenters. The van der Waals surface area contributed by atoms with Gasteiger partial charge in [0.2, 0.25) is 17.8 Å². The standard InChI is InChI=1S/C20H17N9S/c1-11-22-18(21)26-19(23-11)29-15-8-4-3-7-13(15)24-20(29)25-17-10-14(27-28-17)12-6-2-5-9-16(12)30/h2-8,10H,9H2,1H3,(H2,21,22,23,26)(H2,24,25,27,28). The van der Waals surface area contributed by atoms with Gasteiger partial charge in [0.05, 0.1) is 16.7 Å². The van der Waals surface area contributed by atoms with E-state index in [0.29, 0.717) is 23.5 Å². The summed E-state index contributed by atoms with van der Waals surface area (Å²) in [6.45, 7) is 1.77. The molecule has 0 saturated carbocycles. The number of aryl methyl sites for hydroxylation is 1. The van der Waals surface area contributed by atoms with Crippen molar-refractivity contribution in [1.29, 1.82) is 0 Å². The van der Waals surface area contributed by atoms with Crippen molar-refractivity contribution in [3.8, 4) is 5.95 Å². The molecule has 4 N–H and O–H groups in total. The molecule has 4 aromatic rings. The predicted molar refractivity (Wildman–Crippen MR) is 120 cm³/mol. The van der Waals surface area contributed by atoms with Crippen LogP contribution in [0.2, 0.25) is 0 Å². The van der Waals surface area contributed by atoms with Crippen molar-refractivity contribution in [2.24, 2.45) is 0 Å². The van der Waals surface area contributed by atoms with Gasteiger partial charge >= 0.3 is 0 Å². The number of hydrogen-bond acceptors (Lipinski definition) is 8. The van der Waals surface area contributed by atoms with Gasteiger partial charge in [0.15, 0.2) is 5.82 Å². The van der Waals surface area contributed by atoms with E-state index in [2.05, 4.69) is 35.5 Å². The van der Waals surface area contributed by atoms with E-state index >= 15 is 0 Å². The van der Waals surface area contributed by atoms with Gasteiger partial charge in [-0.25, -0.2) is 9.55 Å². The largest absolute Gasteiger partial charge is 0.368 e. The number of thiocarbonyl (C=S) groups is 1. The number of nitrogens with two attached hydrogens (primary N) is 1. The van der Waals surface area contributed by atoms with Gasteiger partial charge in [-0.2, -0.15) is 20.1 Å². The maximum Gasteiger partial charge on any atom is 0.242 e. The van der Waals surface area contributed by atoms with Gasteiger partial charge in [0.1, 0.15) is 5.82 Å². The number of fused-ring (bicyclic) bond motifs is 1. The molecule has 3 heterocycles. The van der Waals surface area contributed by atoms with Crippen LogP contribution < -0.4 is 11.1 Å². The number of aromatic nitrogens is 7. The second kappa shape index (κ2) is 7.16. The summed E-state index contributed by atoms with van der Waals surface area (Å²) in [6.07, 6.45) is 6.76. The number of nitrogen functional groups attached to an aromatic ring is 1. The number of H-pyrrole nitrogens is 1. The van der Waals surface area contributed by atoms with Gasteiger partial charge in [-0.15, -0.1) is 0 Å². The average Bonchev–Trinajstić information content (AvgIpc) is 3.32. The highest BCUT2D eigenvalue weighted by Crippen LogP contribution is 2.27. The second-order valence-corrected chi connectivity index (χ2v) is 7.22. The number of anilines is 3. The quantitative estimate of drug-likeness (QED) is 0.434. The summed E-state index contributed by atoms with van der Waals surface area (Å²) in [5.41, 5.74) is 9.28. The van der Waals surface area contributed by atoms with Crippen LogP contribution in [0.5, 0.6) is 0 Å². The normalized spacial score (nSPS) is 13.6. The highest BCUT2D eigenvalue weighted by atomic mass is 32.1. The van der Waals surface area contributed by atoms with Crippen LogP contribution in [0.15, 0.2) is 48.6 Å². The first-order chi connectivity index (χ1) is 14.6. The molecule has 30 heavy (non-hydrogen) atoms. The molecule has 5 rings (SSSR count). The molecule has 0 unspecified atom stereocenters. The van der Waals surface area contributed by atoms with E-state index in [1.807, 2.05) is 48.6 Å². The third-order valence-corrected chi connectivity index (χ3v) is 5.01. The van der Waals surface area contributed by atoms with E-state index in [0.717, 1.165) is 33.6 Å². The maximum absolute atomic E-state index is 5.85. The monoisotopic (exact) mass is 415 g/mol. The molecule has 148 valence electrons. The van der Waals surface area contributed by atoms with Crippen LogP contribution in [-0.4, -0.2) is 39.6 Å². The number of imidazole rings is 1. The van der Waals surface area contributed by atoms with Crippen molar-refractivity contribution >= 4 is 51.4 Å². The fraction of sp³-hybridized carbons (Fsp3) is 0.100. The minimum Gasteiger partial charge on any atom is -0.368 e. The molecule has 10 heteroatoms. The van der Waals surface area contributed by atoms with Gasteiger partial charge in [-0.3, -0.25) is 5.10 Å². The van der Waals surface area contributed by atoms with Crippen LogP contribution in [0.1, 0.15) is 17.9 Å². The van der Waals surface area contributed by atoms with Crippen LogP contribution in [0.3, 0.4) is 0 Å². The van der Waals surface area contributed by atoms with Crippen LogP contribution in [0.25, 0.3) is 22.6 Å². The zero-order chi connectivity index (χ0) is 20.7. The summed E-state index contributed by atoms with van der Waals surface area (Å²) >= 11 is 5.46. The Kier molecular flexibility index (Phi) is 4.32. The lowest BCUT2D eigenvalue weighted by molar-refractivity contribution is 0.893. The zero-order valence-corrected chi connectivity index (χ0v) is 16.8. The Morgan fingerprint density at radius 3 is 2.87 bits per heavy atom. The molecule has 1 aromatic carbocycles. The van der Waals surface area contributed by atoms with Crippen LogP contribution in [0.4, 0.5) is 17.7 Å². The summed E-state index contributed by atoms with van der Waals surface area (Å²) < 4.78 is 1.79. The summed E-state index contributed by atoms with van der Waals surface area (Å²) in [6, 6.07) is 9.61.